The normalized spacial score (nSPS) is 15.5. The third-order valence-corrected chi connectivity index (χ3v) is 4.49. The quantitative estimate of drug-likeness (QED) is 0.669. The number of alkyl halides is 1. The van der Waals surface area contributed by atoms with Gasteiger partial charge in [-0.3, -0.25) is 0 Å². The second-order valence-corrected chi connectivity index (χ2v) is 6.46. The predicted octanol–water partition coefficient (Wildman–Crippen LogP) is 5.03. The van der Waals surface area contributed by atoms with E-state index < -0.39 is 5.67 Å². The van der Waals surface area contributed by atoms with Crippen LogP contribution in [0.4, 0.5) is 4.39 Å². The van der Waals surface area contributed by atoms with Gasteiger partial charge in [0.15, 0.2) is 23.1 Å². The lowest BCUT2D eigenvalue weighted by Crippen LogP contribution is -2.07. The van der Waals surface area contributed by atoms with Gasteiger partial charge in [0, 0.05) is 29.3 Å². The molecule has 0 saturated heterocycles. The predicted molar refractivity (Wildman–Crippen MR) is 89.5 cm³/mol. The number of rotatable bonds is 3. The average Bonchev–Trinajstić information content (AvgIpc) is 3.22. The zero-order valence-corrected chi connectivity index (χ0v) is 14.1. The largest absolute Gasteiger partial charge is 0.439 e. The molecule has 24 heavy (non-hydrogen) atoms. The van der Waals surface area contributed by atoms with Crippen LogP contribution in [-0.4, -0.2) is 15.0 Å². The van der Waals surface area contributed by atoms with Gasteiger partial charge in [0.05, 0.1) is 5.69 Å². The molecule has 1 saturated carbocycles. The highest BCUT2D eigenvalue weighted by atomic mass is 35.5. The molecule has 0 N–H and O–H groups in total. The Labute approximate surface area is 143 Å². The van der Waals surface area contributed by atoms with Crippen molar-refractivity contribution < 1.29 is 8.81 Å². The maximum absolute atomic E-state index is 14.4. The summed E-state index contributed by atoms with van der Waals surface area (Å²) in [6.45, 7) is 3.61. The molecule has 0 unspecified atom stereocenters. The summed E-state index contributed by atoms with van der Waals surface area (Å²) < 4.78 is 20.2. The summed E-state index contributed by atoms with van der Waals surface area (Å²) in [5, 5.41) is 0.574. The van der Waals surface area contributed by atoms with Crippen molar-refractivity contribution in [2.24, 2.45) is 0 Å². The molecule has 1 aliphatic rings. The van der Waals surface area contributed by atoms with E-state index in [-0.39, 0.29) is 5.82 Å². The molecule has 1 aliphatic carbocycles. The van der Waals surface area contributed by atoms with Crippen LogP contribution in [0.15, 0.2) is 34.9 Å². The van der Waals surface area contributed by atoms with Gasteiger partial charge < -0.3 is 4.42 Å². The monoisotopic (exact) mass is 343 g/mol. The van der Waals surface area contributed by atoms with Crippen molar-refractivity contribution >= 4 is 11.6 Å². The zero-order valence-electron chi connectivity index (χ0n) is 13.3. The van der Waals surface area contributed by atoms with Gasteiger partial charge in [-0.05, 0) is 25.8 Å². The molecule has 0 aliphatic heterocycles. The van der Waals surface area contributed by atoms with Crippen molar-refractivity contribution in [2.75, 3.05) is 0 Å². The fraction of sp³-hybridized carbons (Fsp3) is 0.278. The van der Waals surface area contributed by atoms with E-state index in [9.17, 15) is 4.39 Å². The number of aromatic nitrogens is 3. The van der Waals surface area contributed by atoms with Gasteiger partial charge in [-0.2, -0.15) is 0 Å². The molecule has 2 aromatic heterocycles. The van der Waals surface area contributed by atoms with E-state index in [1.807, 2.05) is 25.1 Å². The molecule has 2 heterocycles. The molecule has 6 heteroatoms. The van der Waals surface area contributed by atoms with Crippen LogP contribution in [0.3, 0.4) is 0 Å². The number of oxazole rings is 1. The average molecular weight is 344 g/mol. The second kappa shape index (κ2) is 5.38. The first kappa shape index (κ1) is 15.3. The van der Waals surface area contributed by atoms with Crippen LogP contribution in [0.1, 0.15) is 30.3 Å². The van der Waals surface area contributed by atoms with E-state index in [1.54, 1.807) is 19.2 Å². The summed E-state index contributed by atoms with van der Waals surface area (Å²) in [4.78, 5) is 13.0. The SMILES string of the molecule is Cc1nc(C)c(-c2nc(C3(F)CC3)ncc2-c2ccccc2Cl)o1. The molecule has 4 rings (SSSR count). The van der Waals surface area contributed by atoms with Crippen molar-refractivity contribution in [3.05, 3.63) is 52.9 Å². The van der Waals surface area contributed by atoms with Crippen LogP contribution in [-0.2, 0) is 5.67 Å². The van der Waals surface area contributed by atoms with Gasteiger partial charge in [0.2, 0.25) is 0 Å². The van der Waals surface area contributed by atoms with Gasteiger partial charge in [0.1, 0.15) is 5.69 Å². The van der Waals surface area contributed by atoms with Crippen LogP contribution in [0, 0.1) is 13.8 Å². The lowest BCUT2D eigenvalue weighted by molar-refractivity contribution is 0.300. The van der Waals surface area contributed by atoms with Crippen molar-refractivity contribution in [2.45, 2.75) is 32.4 Å². The maximum Gasteiger partial charge on any atom is 0.192 e. The maximum atomic E-state index is 14.4. The molecular formula is C18H15ClFN3O. The summed E-state index contributed by atoms with van der Waals surface area (Å²) in [7, 11) is 0. The molecule has 0 bridgehead atoms. The van der Waals surface area contributed by atoms with Gasteiger partial charge in [0.25, 0.3) is 0 Å². The van der Waals surface area contributed by atoms with E-state index >= 15 is 0 Å². The lowest BCUT2D eigenvalue weighted by Gasteiger charge is -2.12. The highest BCUT2D eigenvalue weighted by molar-refractivity contribution is 6.33. The fourth-order valence-electron chi connectivity index (χ4n) is 2.73. The summed E-state index contributed by atoms with van der Waals surface area (Å²) in [6, 6.07) is 7.41. The van der Waals surface area contributed by atoms with E-state index in [1.165, 1.54) is 0 Å². The third kappa shape index (κ3) is 2.49. The minimum atomic E-state index is -1.42. The Morgan fingerprint density at radius 1 is 1.12 bits per heavy atom. The van der Waals surface area contributed by atoms with Gasteiger partial charge >= 0.3 is 0 Å². The van der Waals surface area contributed by atoms with E-state index in [0.29, 0.717) is 46.5 Å². The number of benzene rings is 1. The lowest BCUT2D eigenvalue weighted by atomic mass is 10.0. The molecular weight excluding hydrogens is 329 g/mol. The van der Waals surface area contributed by atoms with Crippen molar-refractivity contribution in [1.29, 1.82) is 0 Å². The minimum absolute atomic E-state index is 0.196. The molecule has 0 spiro atoms. The summed E-state index contributed by atoms with van der Waals surface area (Å²) in [5.41, 5.74) is 1.28. The third-order valence-electron chi connectivity index (χ3n) is 4.16. The van der Waals surface area contributed by atoms with E-state index in [2.05, 4.69) is 15.0 Å². The molecule has 0 atom stereocenters. The number of halogens is 2. The van der Waals surface area contributed by atoms with E-state index in [0.717, 1.165) is 5.56 Å². The first-order valence-corrected chi connectivity index (χ1v) is 8.11. The Hall–Kier alpha value is -2.27. The Balaban J connectivity index is 1.97. The molecule has 4 nitrogen and oxygen atoms in total. The Kier molecular flexibility index (Phi) is 3.42. The van der Waals surface area contributed by atoms with Crippen LogP contribution in [0.5, 0.6) is 0 Å². The first-order valence-electron chi connectivity index (χ1n) is 7.74. The molecule has 0 amide bonds. The van der Waals surface area contributed by atoms with Gasteiger partial charge in [-0.1, -0.05) is 29.8 Å². The molecule has 3 aromatic rings. The number of nitrogens with zero attached hydrogens (tertiary/aromatic N) is 3. The Bertz CT molecular complexity index is 934. The standard InChI is InChI=1S/C18H15ClFN3O/c1-10-16(24-11(2)22-10)15-13(12-5-3-4-6-14(12)19)9-21-17(23-15)18(20)7-8-18/h3-6,9H,7-8H2,1-2H3. The minimum Gasteiger partial charge on any atom is -0.439 e. The summed E-state index contributed by atoms with van der Waals surface area (Å²) in [6.07, 6.45) is 2.52. The molecule has 122 valence electrons. The number of aryl methyl sites for hydroxylation is 2. The number of hydrogen-bond donors (Lipinski definition) is 0. The summed E-state index contributed by atoms with van der Waals surface area (Å²) in [5.74, 6) is 1.26. The van der Waals surface area contributed by atoms with Crippen molar-refractivity contribution in [1.82, 2.24) is 15.0 Å². The smallest absolute Gasteiger partial charge is 0.192 e. The number of hydrogen-bond acceptors (Lipinski definition) is 4. The topological polar surface area (TPSA) is 51.8 Å². The Morgan fingerprint density at radius 2 is 1.88 bits per heavy atom. The highest BCUT2D eigenvalue weighted by Gasteiger charge is 2.48. The van der Waals surface area contributed by atoms with Crippen LogP contribution < -0.4 is 0 Å². The van der Waals surface area contributed by atoms with Crippen molar-refractivity contribution in [3.63, 3.8) is 0 Å². The molecule has 1 aromatic carbocycles. The fourth-order valence-corrected chi connectivity index (χ4v) is 2.97. The van der Waals surface area contributed by atoms with Crippen LogP contribution in [0.25, 0.3) is 22.6 Å². The van der Waals surface area contributed by atoms with Crippen LogP contribution in [0.2, 0.25) is 5.02 Å². The van der Waals surface area contributed by atoms with Crippen LogP contribution >= 0.6 is 11.6 Å². The van der Waals surface area contributed by atoms with Gasteiger partial charge in [-0.25, -0.2) is 19.3 Å². The first-order chi connectivity index (χ1) is 11.5. The second-order valence-electron chi connectivity index (χ2n) is 6.05. The van der Waals surface area contributed by atoms with E-state index in [4.69, 9.17) is 16.0 Å². The Morgan fingerprint density at radius 3 is 2.50 bits per heavy atom. The van der Waals surface area contributed by atoms with Crippen molar-refractivity contribution in [3.8, 4) is 22.6 Å². The highest BCUT2D eigenvalue weighted by Crippen LogP contribution is 2.49. The zero-order chi connectivity index (χ0) is 16.9. The molecule has 0 radical (unpaired) electrons. The summed E-state index contributed by atoms with van der Waals surface area (Å²) >= 11 is 6.33. The van der Waals surface area contributed by atoms with Gasteiger partial charge in [-0.15, -0.1) is 0 Å². The molecule has 1 fully saturated rings.